The maximum absolute atomic E-state index is 5.17. The first-order chi connectivity index (χ1) is 4.77. The minimum absolute atomic E-state index is 0.0139. The molecule has 1 rings (SSSR count). The zero-order valence-corrected chi connectivity index (χ0v) is 7.44. The van der Waals surface area contributed by atoms with Gasteiger partial charge in [-0.25, -0.2) is 0 Å². The van der Waals surface area contributed by atoms with Gasteiger partial charge in [0.15, 0.2) is 0 Å². The van der Waals surface area contributed by atoms with Crippen LogP contribution in [0.5, 0.6) is 0 Å². The Morgan fingerprint density at radius 3 is 2.20 bits per heavy atom. The molecule has 0 aromatic rings. The second-order valence-corrected chi connectivity index (χ2v) is 2.46. The van der Waals surface area contributed by atoms with E-state index in [0.29, 0.717) is 0 Å². The summed E-state index contributed by atoms with van der Waals surface area (Å²) in [4.78, 5) is 0. The molecule has 62 valence electrons. The van der Waals surface area contributed by atoms with Gasteiger partial charge in [0.1, 0.15) is 0 Å². The first-order valence-corrected chi connectivity index (χ1v) is 3.90. The molecule has 0 aliphatic carbocycles. The summed E-state index contributed by atoms with van der Waals surface area (Å²) in [7, 11) is 1.73. The van der Waals surface area contributed by atoms with Gasteiger partial charge < -0.3 is 9.47 Å². The third kappa shape index (κ3) is 2.67. The lowest BCUT2D eigenvalue weighted by Gasteiger charge is -2.18. The van der Waals surface area contributed by atoms with Gasteiger partial charge in [0, 0.05) is 20.1 Å². The molecule has 2 heteroatoms. The average Bonchev–Trinajstić information content (AvgIpc) is 2.42. The molecule has 1 atom stereocenters. The molecule has 0 spiro atoms. The predicted octanol–water partition coefficient (Wildman–Crippen LogP) is 1.84. The molecule has 0 amide bonds. The van der Waals surface area contributed by atoms with Gasteiger partial charge in [-0.15, -0.1) is 0 Å². The number of hydrogen-bond acceptors (Lipinski definition) is 2. The van der Waals surface area contributed by atoms with Gasteiger partial charge in [-0.05, 0) is 6.92 Å². The van der Waals surface area contributed by atoms with Crippen molar-refractivity contribution in [2.75, 3.05) is 20.3 Å². The molecule has 1 unspecified atom stereocenters. The van der Waals surface area contributed by atoms with Crippen LogP contribution in [0.1, 0.15) is 27.2 Å². The highest BCUT2D eigenvalue weighted by Gasteiger charge is 2.28. The molecular weight excluding hydrogens is 128 g/mol. The lowest BCUT2D eigenvalue weighted by molar-refractivity contribution is -0.00160. The fraction of sp³-hybridized carbons (Fsp3) is 1.00. The minimum Gasteiger partial charge on any atom is -0.378 e. The number of hydrogen-bond donors (Lipinski definition) is 0. The summed E-state index contributed by atoms with van der Waals surface area (Å²) in [5.41, 5.74) is 0.0139. The Morgan fingerprint density at radius 2 is 2.00 bits per heavy atom. The Kier molecular flexibility index (Phi) is 4.65. The van der Waals surface area contributed by atoms with Crippen molar-refractivity contribution in [2.24, 2.45) is 0 Å². The second-order valence-electron chi connectivity index (χ2n) is 2.46. The van der Waals surface area contributed by atoms with Crippen LogP contribution in [0, 0.1) is 0 Å². The Morgan fingerprint density at radius 1 is 1.40 bits per heavy atom. The first kappa shape index (κ1) is 9.92. The van der Waals surface area contributed by atoms with E-state index in [1.807, 2.05) is 13.8 Å². The number of rotatable bonds is 1. The normalized spacial score (nSPS) is 31.2. The van der Waals surface area contributed by atoms with Crippen LogP contribution < -0.4 is 0 Å². The summed E-state index contributed by atoms with van der Waals surface area (Å²) in [5, 5.41) is 0. The molecule has 2 nitrogen and oxygen atoms in total. The van der Waals surface area contributed by atoms with Crippen molar-refractivity contribution in [3.05, 3.63) is 0 Å². The van der Waals surface area contributed by atoms with E-state index in [-0.39, 0.29) is 5.60 Å². The summed E-state index contributed by atoms with van der Waals surface area (Å²) in [6.07, 6.45) is 1.03. The van der Waals surface area contributed by atoms with Crippen molar-refractivity contribution in [1.29, 1.82) is 0 Å². The van der Waals surface area contributed by atoms with E-state index in [9.17, 15) is 0 Å². The molecule has 1 saturated heterocycles. The summed E-state index contributed by atoms with van der Waals surface area (Å²) < 4.78 is 10.3. The molecule has 0 N–H and O–H groups in total. The van der Waals surface area contributed by atoms with Gasteiger partial charge in [0.05, 0.1) is 12.2 Å². The number of ether oxygens (including phenoxy) is 2. The van der Waals surface area contributed by atoms with E-state index < -0.39 is 0 Å². The van der Waals surface area contributed by atoms with Gasteiger partial charge in [-0.1, -0.05) is 13.8 Å². The number of methoxy groups -OCH3 is 1. The smallest absolute Gasteiger partial charge is 0.0905 e. The molecule has 0 bridgehead atoms. The Hall–Kier alpha value is -0.0800. The van der Waals surface area contributed by atoms with E-state index >= 15 is 0 Å². The summed E-state index contributed by atoms with van der Waals surface area (Å²) in [6.45, 7) is 7.67. The zero-order chi connectivity index (χ0) is 8.04. The maximum atomic E-state index is 5.17. The molecule has 1 fully saturated rings. The molecule has 0 saturated carbocycles. The van der Waals surface area contributed by atoms with Crippen LogP contribution in [-0.2, 0) is 9.47 Å². The lowest BCUT2D eigenvalue weighted by Crippen LogP contribution is -2.26. The van der Waals surface area contributed by atoms with Crippen molar-refractivity contribution in [3.8, 4) is 0 Å². The fourth-order valence-corrected chi connectivity index (χ4v) is 0.809. The molecule has 1 aliphatic heterocycles. The third-order valence-electron chi connectivity index (χ3n) is 1.68. The summed E-state index contributed by atoms with van der Waals surface area (Å²) in [6, 6.07) is 0. The molecule has 1 aliphatic rings. The van der Waals surface area contributed by atoms with Crippen molar-refractivity contribution >= 4 is 0 Å². The minimum atomic E-state index is 0.0139. The van der Waals surface area contributed by atoms with Crippen LogP contribution in [0.15, 0.2) is 0 Å². The van der Waals surface area contributed by atoms with Crippen molar-refractivity contribution < 1.29 is 9.47 Å². The summed E-state index contributed by atoms with van der Waals surface area (Å²) in [5.74, 6) is 0. The highest BCUT2D eigenvalue weighted by molar-refractivity contribution is 4.78. The van der Waals surface area contributed by atoms with Crippen molar-refractivity contribution in [2.45, 2.75) is 32.8 Å². The SMILES string of the molecule is CC.COC1(C)CCOC1. The Balaban J connectivity index is 0.000000371. The Labute approximate surface area is 63.5 Å². The molecule has 0 aromatic carbocycles. The standard InChI is InChI=1S/C6H12O2.C2H6/c1-6(7-2)3-4-8-5-6;1-2/h3-5H2,1-2H3;1-2H3. The average molecular weight is 146 g/mol. The van der Waals surface area contributed by atoms with Gasteiger partial charge in [0.2, 0.25) is 0 Å². The van der Waals surface area contributed by atoms with Crippen molar-refractivity contribution in [1.82, 2.24) is 0 Å². The molecule has 10 heavy (non-hydrogen) atoms. The van der Waals surface area contributed by atoms with Crippen LogP contribution >= 0.6 is 0 Å². The third-order valence-corrected chi connectivity index (χ3v) is 1.68. The Bertz CT molecular complexity index is 75.3. The largest absolute Gasteiger partial charge is 0.378 e. The maximum Gasteiger partial charge on any atom is 0.0905 e. The molecule has 1 heterocycles. The van der Waals surface area contributed by atoms with Crippen LogP contribution in [-0.4, -0.2) is 25.9 Å². The monoisotopic (exact) mass is 146 g/mol. The van der Waals surface area contributed by atoms with Gasteiger partial charge >= 0.3 is 0 Å². The second kappa shape index (κ2) is 4.69. The molecule has 0 aromatic heterocycles. The van der Waals surface area contributed by atoms with Crippen LogP contribution in [0.4, 0.5) is 0 Å². The fourth-order valence-electron chi connectivity index (χ4n) is 0.809. The van der Waals surface area contributed by atoms with Crippen LogP contribution in [0.25, 0.3) is 0 Å². The lowest BCUT2D eigenvalue weighted by atomic mass is 10.1. The van der Waals surface area contributed by atoms with E-state index in [2.05, 4.69) is 6.92 Å². The zero-order valence-electron chi connectivity index (χ0n) is 7.44. The van der Waals surface area contributed by atoms with Crippen LogP contribution in [0.2, 0.25) is 0 Å². The first-order valence-electron chi connectivity index (χ1n) is 3.90. The summed E-state index contributed by atoms with van der Waals surface area (Å²) >= 11 is 0. The molecular formula is C8H18O2. The van der Waals surface area contributed by atoms with E-state index in [1.54, 1.807) is 7.11 Å². The van der Waals surface area contributed by atoms with Gasteiger partial charge in [-0.2, -0.15) is 0 Å². The predicted molar refractivity (Wildman–Crippen MR) is 42.2 cm³/mol. The van der Waals surface area contributed by atoms with E-state index in [1.165, 1.54) is 0 Å². The van der Waals surface area contributed by atoms with Crippen LogP contribution in [0.3, 0.4) is 0 Å². The van der Waals surface area contributed by atoms with E-state index in [4.69, 9.17) is 9.47 Å². The quantitative estimate of drug-likeness (QED) is 0.562. The topological polar surface area (TPSA) is 18.5 Å². The van der Waals surface area contributed by atoms with Gasteiger partial charge in [0.25, 0.3) is 0 Å². The highest BCUT2D eigenvalue weighted by Crippen LogP contribution is 2.20. The van der Waals surface area contributed by atoms with E-state index in [0.717, 1.165) is 19.6 Å². The van der Waals surface area contributed by atoms with Crippen molar-refractivity contribution in [3.63, 3.8) is 0 Å². The van der Waals surface area contributed by atoms with Gasteiger partial charge in [-0.3, -0.25) is 0 Å². The molecule has 0 radical (unpaired) electrons. The highest BCUT2D eigenvalue weighted by atomic mass is 16.5.